The summed E-state index contributed by atoms with van der Waals surface area (Å²) in [5, 5.41) is 3.72. The maximum Gasteiger partial charge on any atom is 0.263 e. The van der Waals surface area contributed by atoms with Gasteiger partial charge in [0, 0.05) is 39.3 Å². The molecule has 106 valence electrons. The summed E-state index contributed by atoms with van der Waals surface area (Å²) in [6.07, 6.45) is 0. The van der Waals surface area contributed by atoms with Gasteiger partial charge in [-0.05, 0) is 19.9 Å². The quantitative estimate of drug-likeness (QED) is 0.875. The molecule has 1 aliphatic heterocycles. The minimum atomic E-state index is -0.102. The number of nitrogen functional groups attached to an aromatic ring is 1. The highest BCUT2D eigenvalue weighted by molar-refractivity contribution is 7.18. The summed E-state index contributed by atoms with van der Waals surface area (Å²) in [4.78, 5) is 17.1. The van der Waals surface area contributed by atoms with Gasteiger partial charge in [-0.15, -0.1) is 11.3 Å². The van der Waals surface area contributed by atoms with Crippen molar-refractivity contribution < 1.29 is 4.79 Å². The molecule has 1 saturated heterocycles. The van der Waals surface area contributed by atoms with Crippen LogP contribution in [0.25, 0.3) is 0 Å². The van der Waals surface area contributed by atoms with Crippen LogP contribution in [0, 0.1) is 0 Å². The van der Waals surface area contributed by atoms with E-state index in [1.165, 1.54) is 11.3 Å². The van der Waals surface area contributed by atoms with Gasteiger partial charge in [0.1, 0.15) is 4.88 Å². The van der Waals surface area contributed by atoms with E-state index >= 15 is 0 Å². The Balaban J connectivity index is 2.06. The summed E-state index contributed by atoms with van der Waals surface area (Å²) in [5.74, 6) is -0.102. The number of amides is 1. The van der Waals surface area contributed by atoms with Gasteiger partial charge in [0.2, 0.25) is 0 Å². The molecule has 6 heteroatoms. The van der Waals surface area contributed by atoms with E-state index in [9.17, 15) is 4.79 Å². The van der Waals surface area contributed by atoms with Crippen LogP contribution in [0.4, 0.5) is 10.7 Å². The fourth-order valence-electron chi connectivity index (χ4n) is 2.30. The van der Waals surface area contributed by atoms with Crippen LogP contribution in [0.15, 0.2) is 6.07 Å². The zero-order valence-corrected chi connectivity index (χ0v) is 12.6. The number of anilines is 2. The Kier molecular flexibility index (Phi) is 4.31. The standard InChI is InChI=1S/C13H22N4OS/c1-9(2)16-4-6-17(7-5-16)11-8-10(14)12(19-11)13(18)15-3/h8-9H,4-7,14H2,1-3H3,(H,15,18). The van der Waals surface area contributed by atoms with Crippen molar-refractivity contribution in [2.45, 2.75) is 19.9 Å². The van der Waals surface area contributed by atoms with Crippen molar-refractivity contribution in [2.75, 3.05) is 43.9 Å². The molecule has 0 aliphatic carbocycles. The first kappa shape index (κ1) is 14.1. The lowest BCUT2D eigenvalue weighted by molar-refractivity contribution is 0.0968. The summed E-state index contributed by atoms with van der Waals surface area (Å²) < 4.78 is 0. The van der Waals surface area contributed by atoms with E-state index in [1.807, 2.05) is 6.07 Å². The minimum absolute atomic E-state index is 0.102. The van der Waals surface area contributed by atoms with Gasteiger partial charge in [-0.1, -0.05) is 0 Å². The monoisotopic (exact) mass is 282 g/mol. The lowest BCUT2D eigenvalue weighted by Crippen LogP contribution is -2.48. The van der Waals surface area contributed by atoms with Gasteiger partial charge in [-0.2, -0.15) is 0 Å². The Morgan fingerprint density at radius 2 is 2.00 bits per heavy atom. The van der Waals surface area contributed by atoms with Gasteiger partial charge in [-0.25, -0.2) is 0 Å². The van der Waals surface area contributed by atoms with E-state index in [0.29, 0.717) is 16.6 Å². The Bertz CT molecular complexity index is 449. The van der Waals surface area contributed by atoms with Crippen LogP contribution >= 0.6 is 11.3 Å². The lowest BCUT2D eigenvalue weighted by atomic mass is 10.2. The van der Waals surface area contributed by atoms with Gasteiger partial charge in [-0.3, -0.25) is 9.69 Å². The number of nitrogens with two attached hydrogens (primary N) is 1. The molecule has 1 amide bonds. The molecule has 0 spiro atoms. The normalized spacial score (nSPS) is 16.9. The molecule has 1 aliphatic rings. The predicted octanol–water partition coefficient (Wildman–Crippen LogP) is 1.22. The number of rotatable bonds is 3. The molecular weight excluding hydrogens is 260 g/mol. The maximum atomic E-state index is 11.7. The molecule has 1 fully saturated rings. The number of carbonyl (C=O) groups excluding carboxylic acids is 1. The summed E-state index contributed by atoms with van der Waals surface area (Å²) in [6, 6.07) is 2.51. The number of hydrogen-bond donors (Lipinski definition) is 2. The van der Waals surface area contributed by atoms with Gasteiger partial charge >= 0.3 is 0 Å². The fraction of sp³-hybridized carbons (Fsp3) is 0.615. The maximum absolute atomic E-state index is 11.7. The minimum Gasteiger partial charge on any atom is -0.397 e. The Morgan fingerprint density at radius 3 is 2.53 bits per heavy atom. The Morgan fingerprint density at radius 1 is 1.37 bits per heavy atom. The lowest BCUT2D eigenvalue weighted by Gasteiger charge is -2.37. The van der Waals surface area contributed by atoms with E-state index < -0.39 is 0 Å². The van der Waals surface area contributed by atoms with Crippen molar-refractivity contribution in [1.82, 2.24) is 10.2 Å². The van der Waals surface area contributed by atoms with Crippen LogP contribution in [0.3, 0.4) is 0 Å². The van der Waals surface area contributed by atoms with Gasteiger partial charge < -0.3 is 16.0 Å². The van der Waals surface area contributed by atoms with Gasteiger partial charge in [0.15, 0.2) is 0 Å². The van der Waals surface area contributed by atoms with Gasteiger partial charge in [0.25, 0.3) is 5.91 Å². The molecule has 0 aromatic carbocycles. The molecule has 0 atom stereocenters. The second kappa shape index (κ2) is 5.79. The number of piperazine rings is 1. The highest BCUT2D eigenvalue weighted by atomic mass is 32.1. The summed E-state index contributed by atoms with van der Waals surface area (Å²) >= 11 is 1.48. The van der Waals surface area contributed by atoms with Crippen LogP contribution in [-0.4, -0.2) is 50.1 Å². The first-order chi connectivity index (χ1) is 9.02. The first-order valence-corrected chi connectivity index (χ1v) is 7.45. The van der Waals surface area contributed by atoms with Crippen molar-refractivity contribution >= 4 is 27.9 Å². The molecule has 0 bridgehead atoms. The summed E-state index contributed by atoms with van der Waals surface area (Å²) in [6.45, 7) is 8.55. The van der Waals surface area contributed by atoms with Crippen LogP contribution in [-0.2, 0) is 0 Å². The van der Waals surface area contributed by atoms with E-state index in [0.717, 1.165) is 31.2 Å². The average Bonchev–Trinajstić information content (AvgIpc) is 2.80. The third-order valence-electron chi connectivity index (χ3n) is 3.54. The Labute approximate surface area is 118 Å². The van der Waals surface area contributed by atoms with Crippen molar-refractivity contribution in [3.8, 4) is 0 Å². The molecule has 1 aromatic rings. The Hall–Kier alpha value is -1.27. The predicted molar refractivity (Wildman–Crippen MR) is 81.0 cm³/mol. The molecule has 0 saturated carbocycles. The zero-order chi connectivity index (χ0) is 14.0. The van der Waals surface area contributed by atoms with E-state index in [2.05, 4.69) is 29.0 Å². The van der Waals surface area contributed by atoms with Crippen molar-refractivity contribution in [3.63, 3.8) is 0 Å². The van der Waals surface area contributed by atoms with Crippen molar-refractivity contribution in [1.29, 1.82) is 0 Å². The number of carbonyl (C=O) groups is 1. The molecule has 19 heavy (non-hydrogen) atoms. The average molecular weight is 282 g/mol. The number of hydrogen-bond acceptors (Lipinski definition) is 5. The summed E-state index contributed by atoms with van der Waals surface area (Å²) in [5.41, 5.74) is 6.49. The largest absolute Gasteiger partial charge is 0.397 e. The molecule has 3 N–H and O–H groups in total. The first-order valence-electron chi connectivity index (χ1n) is 6.63. The van der Waals surface area contributed by atoms with E-state index in [-0.39, 0.29) is 5.91 Å². The second-order valence-electron chi connectivity index (χ2n) is 5.06. The van der Waals surface area contributed by atoms with Gasteiger partial charge in [0.05, 0.1) is 10.7 Å². The molecule has 2 heterocycles. The third-order valence-corrected chi connectivity index (χ3v) is 4.75. The van der Waals surface area contributed by atoms with Crippen LogP contribution < -0.4 is 16.0 Å². The fourth-order valence-corrected chi connectivity index (χ4v) is 3.38. The van der Waals surface area contributed by atoms with Crippen molar-refractivity contribution in [3.05, 3.63) is 10.9 Å². The number of nitrogens with zero attached hydrogens (tertiary/aromatic N) is 2. The van der Waals surface area contributed by atoms with E-state index in [1.54, 1.807) is 7.05 Å². The third kappa shape index (κ3) is 3.01. The summed E-state index contributed by atoms with van der Waals surface area (Å²) in [7, 11) is 1.63. The molecule has 5 nitrogen and oxygen atoms in total. The SMILES string of the molecule is CNC(=O)c1sc(N2CCN(C(C)C)CC2)cc1N. The topological polar surface area (TPSA) is 61.6 Å². The highest BCUT2D eigenvalue weighted by Gasteiger charge is 2.22. The van der Waals surface area contributed by atoms with Crippen LogP contribution in [0.5, 0.6) is 0 Å². The smallest absolute Gasteiger partial charge is 0.263 e. The molecular formula is C13H22N4OS. The molecule has 1 aromatic heterocycles. The van der Waals surface area contributed by atoms with Crippen LogP contribution in [0.1, 0.15) is 23.5 Å². The molecule has 0 radical (unpaired) electrons. The molecule has 2 rings (SSSR count). The molecule has 0 unspecified atom stereocenters. The van der Waals surface area contributed by atoms with Crippen LogP contribution in [0.2, 0.25) is 0 Å². The van der Waals surface area contributed by atoms with Crippen molar-refractivity contribution in [2.24, 2.45) is 0 Å². The number of nitrogens with one attached hydrogen (secondary N) is 1. The zero-order valence-electron chi connectivity index (χ0n) is 11.8. The van der Waals surface area contributed by atoms with E-state index in [4.69, 9.17) is 5.73 Å². The highest BCUT2D eigenvalue weighted by Crippen LogP contribution is 2.32. The number of thiophene rings is 1. The second-order valence-corrected chi connectivity index (χ2v) is 6.10.